The monoisotopic (exact) mass is 589 g/mol. The van der Waals surface area contributed by atoms with Gasteiger partial charge < -0.3 is 14.6 Å². The van der Waals surface area contributed by atoms with Crippen LogP contribution in [0, 0.1) is 20.4 Å². The number of ether oxygens (including phenoxy) is 1. The number of rotatable bonds is 9. The van der Waals surface area contributed by atoms with E-state index in [1.54, 1.807) is 39.0 Å². The number of imidazole rings is 1. The van der Waals surface area contributed by atoms with E-state index in [0.717, 1.165) is 12.0 Å². The molecule has 218 valence electrons. The molecule has 1 saturated heterocycles. The van der Waals surface area contributed by atoms with Gasteiger partial charge in [0.05, 0.1) is 29.3 Å². The summed E-state index contributed by atoms with van der Waals surface area (Å²) < 4.78 is 36.8. The van der Waals surface area contributed by atoms with Gasteiger partial charge in [-0.25, -0.2) is 22.8 Å². The summed E-state index contributed by atoms with van der Waals surface area (Å²) in [6, 6.07) is 8.39. The standard InChI is InChI=1S/C29H31N7O5S/c1-6-8-25-31-18(4)26-28(37)32-27(33-36(25)26)21-16-20(10-12-24(21)41-7-2)42(39,40)34-23-13-14-35(29(23)38)19-9-11-22(30-5)17(3)15-19/h9-12,15-16,23,34H,6-8,13-14H2,1-4H3,(H,32,33,37). The molecule has 2 aromatic carbocycles. The van der Waals surface area contributed by atoms with Crippen LogP contribution in [0.15, 0.2) is 46.1 Å². The van der Waals surface area contributed by atoms with Crippen molar-refractivity contribution in [2.75, 3.05) is 18.1 Å². The van der Waals surface area contributed by atoms with Crippen LogP contribution in [0.1, 0.15) is 43.8 Å². The quantitative estimate of drug-likeness (QED) is 0.284. The molecule has 1 aliphatic heterocycles. The number of fused-ring (bicyclic) bond motifs is 1. The lowest BCUT2D eigenvalue weighted by Gasteiger charge is -2.18. The summed E-state index contributed by atoms with van der Waals surface area (Å²) in [5, 5.41) is 4.61. The van der Waals surface area contributed by atoms with Gasteiger partial charge in [0, 0.05) is 18.7 Å². The Morgan fingerprint density at radius 1 is 1.17 bits per heavy atom. The minimum Gasteiger partial charge on any atom is -0.493 e. The van der Waals surface area contributed by atoms with Crippen LogP contribution >= 0.6 is 0 Å². The fourth-order valence-corrected chi connectivity index (χ4v) is 6.37. The molecule has 1 unspecified atom stereocenters. The van der Waals surface area contributed by atoms with Crippen molar-refractivity contribution in [1.29, 1.82) is 0 Å². The molecule has 0 saturated carbocycles. The van der Waals surface area contributed by atoms with Gasteiger partial charge in [-0.05, 0) is 69.5 Å². The van der Waals surface area contributed by atoms with E-state index in [1.165, 1.54) is 27.6 Å². The summed E-state index contributed by atoms with van der Waals surface area (Å²) in [6.45, 7) is 15.2. The Balaban J connectivity index is 1.48. The number of nitrogens with zero attached hydrogens (tertiary/aromatic N) is 5. The molecule has 5 rings (SSSR count). The summed E-state index contributed by atoms with van der Waals surface area (Å²) >= 11 is 0. The van der Waals surface area contributed by atoms with Crippen LogP contribution in [-0.4, -0.2) is 53.1 Å². The number of nitrogens with one attached hydrogen (secondary N) is 2. The zero-order valence-corrected chi connectivity index (χ0v) is 24.6. The fraction of sp³-hybridized carbons (Fsp3) is 0.345. The molecular weight excluding hydrogens is 558 g/mol. The highest BCUT2D eigenvalue weighted by atomic mass is 32.2. The molecule has 2 aromatic heterocycles. The van der Waals surface area contributed by atoms with Gasteiger partial charge >= 0.3 is 0 Å². The number of H-pyrrole nitrogens is 1. The summed E-state index contributed by atoms with van der Waals surface area (Å²) in [5.41, 5.74) is 2.59. The Morgan fingerprint density at radius 2 is 1.95 bits per heavy atom. The number of aromatic nitrogens is 4. The van der Waals surface area contributed by atoms with Crippen LogP contribution < -0.4 is 19.9 Å². The van der Waals surface area contributed by atoms with E-state index in [1.807, 2.05) is 6.92 Å². The average molecular weight is 590 g/mol. The second kappa shape index (κ2) is 11.4. The number of carbonyl (C=O) groups is 1. The Kier molecular flexibility index (Phi) is 7.85. The highest BCUT2D eigenvalue weighted by molar-refractivity contribution is 7.89. The second-order valence-electron chi connectivity index (χ2n) is 10.1. The van der Waals surface area contributed by atoms with Gasteiger partial charge in [-0.2, -0.15) is 4.72 Å². The van der Waals surface area contributed by atoms with E-state index >= 15 is 0 Å². The van der Waals surface area contributed by atoms with E-state index in [2.05, 4.69) is 24.6 Å². The number of carbonyl (C=O) groups excluding carboxylic acids is 1. The largest absolute Gasteiger partial charge is 0.493 e. The molecule has 4 aromatic rings. The van der Waals surface area contributed by atoms with Crippen molar-refractivity contribution in [3.05, 3.63) is 75.3 Å². The van der Waals surface area contributed by atoms with Gasteiger partial charge in [0.15, 0.2) is 17.0 Å². The van der Waals surface area contributed by atoms with Crippen molar-refractivity contribution < 1.29 is 17.9 Å². The first-order chi connectivity index (χ1) is 20.1. The summed E-state index contributed by atoms with van der Waals surface area (Å²) in [4.78, 5) is 38.4. The number of anilines is 1. The number of aryl methyl sites for hydroxylation is 3. The molecular formula is C29H31N7O5S. The van der Waals surface area contributed by atoms with Crippen LogP contribution in [0.5, 0.6) is 5.75 Å². The lowest BCUT2D eigenvalue weighted by atomic mass is 10.1. The maximum absolute atomic E-state index is 13.5. The Labute approximate surface area is 243 Å². The number of hydrogen-bond acceptors (Lipinski definition) is 7. The van der Waals surface area contributed by atoms with Gasteiger partial charge in [-0.1, -0.05) is 13.0 Å². The van der Waals surface area contributed by atoms with Gasteiger partial charge in [-0.15, -0.1) is 5.10 Å². The molecule has 13 heteroatoms. The van der Waals surface area contributed by atoms with Crippen LogP contribution in [0.4, 0.5) is 11.4 Å². The van der Waals surface area contributed by atoms with E-state index in [-0.39, 0.29) is 28.6 Å². The number of benzene rings is 2. The predicted octanol–water partition coefficient (Wildman–Crippen LogP) is 3.69. The number of amides is 1. The van der Waals surface area contributed by atoms with Crippen LogP contribution in [-0.2, 0) is 21.2 Å². The zero-order valence-electron chi connectivity index (χ0n) is 23.8. The molecule has 1 atom stereocenters. The molecule has 0 aliphatic carbocycles. The second-order valence-corrected chi connectivity index (χ2v) is 11.8. The minimum atomic E-state index is -4.16. The Bertz CT molecular complexity index is 1910. The Morgan fingerprint density at radius 3 is 2.64 bits per heavy atom. The van der Waals surface area contributed by atoms with Gasteiger partial charge in [0.1, 0.15) is 17.6 Å². The van der Waals surface area contributed by atoms with E-state index in [9.17, 15) is 18.0 Å². The van der Waals surface area contributed by atoms with Crippen LogP contribution in [0.2, 0.25) is 0 Å². The average Bonchev–Trinajstić information content (AvgIpc) is 3.47. The van der Waals surface area contributed by atoms with Crippen LogP contribution in [0.3, 0.4) is 0 Å². The SMILES string of the molecule is [C-]#[N+]c1ccc(N2CCC(NS(=O)(=O)c3ccc(OCC)c(-c4nn5c(CCC)nc(C)c5c(=O)[nH]4)c3)C2=O)cc1C. The van der Waals surface area contributed by atoms with Crippen molar-refractivity contribution in [2.24, 2.45) is 0 Å². The molecule has 1 aliphatic rings. The normalized spacial score (nSPS) is 15.4. The molecule has 0 radical (unpaired) electrons. The minimum absolute atomic E-state index is 0.109. The Hall–Kier alpha value is -4.54. The lowest BCUT2D eigenvalue weighted by Crippen LogP contribution is -2.41. The topological polar surface area (TPSA) is 143 Å². The third-order valence-electron chi connectivity index (χ3n) is 7.15. The van der Waals surface area contributed by atoms with Crippen molar-refractivity contribution in [1.82, 2.24) is 24.3 Å². The molecule has 3 heterocycles. The van der Waals surface area contributed by atoms with Crippen molar-refractivity contribution >= 4 is 32.8 Å². The van der Waals surface area contributed by atoms with Gasteiger partial charge in [0.25, 0.3) is 5.56 Å². The first-order valence-corrected chi connectivity index (χ1v) is 15.1. The summed E-state index contributed by atoms with van der Waals surface area (Å²) in [6.07, 6.45) is 1.68. The van der Waals surface area contributed by atoms with Crippen LogP contribution in [0.25, 0.3) is 21.7 Å². The van der Waals surface area contributed by atoms with Crippen molar-refractivity contribution in [2.45, 2.75) is 57.9 Å². The van der Waals surface area contributed by atoms with Gasteiger partial charge in [0.2, 0.25) is 15.9 Å². The maximum Gasteiger partial charge on any atom is 0.277 e. The zero-order chi connectivity index (χ0) is 30.2. The van der Waals surface area contributed by atoms with Gasteiger partial charge in [-0.3, -0.25) is 9.59 Å². The van der Waals surface area contributed by atoms with E-state index in [4.69, 9.17) is 11.3 Å². The third-order valence-corrected chi connectivity index (χ3v) is 8.62. The molecule has 1 amide bonds. The number of sulfonamides is 1. The highest BCUT2D eigenvalue weighted by Gasteiger charge is 2.36. The number of hydrogen-bond donors (Lipinski definition) is 2. The summed E-state index contributed by atoms with van der Waals surface area (Å²) in [5.74, 6) is 0.720. The lowest BCUT2D eigenvalue weighted by molar-refractivity contribution is -0.118. The van der Waals surface area contributed by atoms with Crippen molar-refractivity contribution in [3.8, 4) is 17.1 Å². The van der Waals surface area contributed by atoms with E-state index in [0.29, 0.717) is 53.7 Å². The molecule has 2 N–H and O–H groups in total. The molecule has 12 nitrogen and oxygen atoms in total. The van der Waals surface area contributed by atoms with E-state index < -0.39 is 21.6 Å². The molecule has 0 bridgehead atoms. The predicted molar refractivity (Wildman–Crippen MR) is 157 cm³/mol. The van der Waals surface area contributed by atoms with Crippen molar-refractivity contribution in [3.63, 3.8) is 0 Å². The third kappa shape index (κ3) is 5.26. The molecule has 0 spiro atoms. The number of aromatic amines is 1. The molecule has 42 heavy (non-hydrogen) atoms. The smallest absolute Gasteiger partial charge is 0.277 e. The molecule has 1 fully saturated rings. The fourth-order valence-electron chi connectivity index (χ4n) is 5.12. The first-order valence-electron chi connectivity index (χ1n) is 13.7. The maximum atomic E-state index is 13.5. The highest BCUT2D eigenvalue weighted by Crippen LogP contribution is 2.32. The first kappa shape index (κ1) is 29.0. The summed E-state index contributed by atoms with van der Waals surface area (Å²) in [7, 11) is -4.16.